The average molecular weight is 1470 g/mol. The number of nitrogens with one attached hydrogen (secondary N) is 6. The van der Waals surface area contributed by atoms with Crippen molar-refractivity contribution in [3.05, 3.63) is 308 Å². The van der Waals surface area contributed by atoms with Gasteiger partial charge in [0.1, 0.15) is 45.9 Å². The molecule has 20 nitrogen and oxygen atoms in total. The molecule has 2 amide bonds. The number of hydrogen-bond donors (Lipinski definition) is 6. The van der Waals surface area contributed by atoms with E-state index in [1.165, 1.54) is 0 Å². The third-order valence-corrected chi connectivity index (χ3v) is 18.4. The van der Waals surface area contributed by atoms with Crippen LogP contribution in [0.1, 0.15) is 120 Å². The van der Waals surface area contributed by atoms with Crippen LogP contribution in [0.3, 0.4) is 0 Å². The Kier molecular flexibility index (Phi) is 22.0. The molecular formula is C90H90N12O8. The standard InChI is InChI=1S/C30H31N5O2.C30H30N4O3.C30H29N3O3/c1-18(2)31-22-10-12-23(13-11-22)33-30(36)35-27-9-7-6-8-21(27)15-28(35)25-17-29(37-5)26(34-25)16-24-19(3)14-20(4)32-24;1-18(2)37-23-12-10-22(11-13-23)32-30(35)34-27-9-7-6-8-21(27)15-28(34)25-17-29(36-5)26(33-25)16-24-19(3)14-20(4)31-24;1-18(2)36-23-12-10-21(11-13-23)30(34)33-27-9-7-6-8-22(27)15-28(33)25-17-29(35-5)26(32-25)16-24-19(3)14-20(4)31-24/h6-18,31-32H,1-5H3,(H,33,36);6-18,31H,1-5H3,(H,32,35);6-18,31H,1-5H3/b3*26-16-. The van der Waals surface area contributed by atoms with E-state index in [4.69, 9.17) is 38.7 Å². The van der Waals surface area contributed by atoms with Crippen molar-refractivity contribution in [2.45, 2.75) is 101 Å². The van der Waals surface area contributed by atoms with Gasteiger partial charge in [-0.1, -0.05) is 54.6 Å². The highest BCUT2D eigenvalue weighted by Crippen LogP contribution is 2.35. The number of amides is 2. The lowest BCUT2D eigenvalue weighted by Crippen LogP contribution is -2.22. The van der Waals surface area contributed by atoms with Crippen molar-refractivity contribution in [3.8, 4) is 11.5 Å². The summed E-state index contributed by atoms with van der Waals surface area (Å²) in [4.78, 5) is 65.7. The molecule has 3 aliphatic rings. The van der Waals surface area contributed by atoms with Gasteiger partial charge in [0.05, 0.1) is 84.3 Å². The van der Waals surface area contributed by atoms with E-state index in [1.54, 1.807) is 47.2 Å². The zero-order chi connectivity index (χ0) is 77.6. The van der Waals surface area contributed by atoms with E-state index >= 15 is 0 Å². The number of anilines is 3. The summed E-state index contributed by atoms with van der Waals surface area (Å²) in [7, 11) is 4.89. The van der Waals surface area contributed by atoms with E-state index < -0.39 is 0 Å². The smallest absolute Gasteiger partial charge is 0.331 e. The number of allylic oxidation sites excluding steroid dienone is 3. The van der Waals surface area contributed by atoms with E-state index in [1.807, 2.05) is 237 Å². The van der Waals surface area contributed by atoms with Gasteiger partial charge in [0.2, 0.25) is 0 Å². The van der Waals surface area contributed by atoms with Gasteiger partial charge < -0.3 is 54.6 Å². The molecule has 20 heteroatoms. The number of aliphatic imine (C=N–C) groups is 3. The number of ether oxygens (including phenoxy) is 5. The fraction of sp³-hybridized carbons (Fsp3) is 0.200. The number of para-hydroxylation sites is 3. The van der Waals surface area contributed by atoms with Gasteiger partial charge in [-0.15, -0.1) is 0 Å². The first kappa shape index (κ1) is 74.9. The minimum atomic E-state index is -0.280. The number of carbonyl (C=O) groups excluding carboxylic acids is 3. The molecule has 0 bridgehead atoms. The Labute approximate surface area is 639 Å². The first-order valence-electron chi connectivity index (χ1n) is 36.6. The molecule has 6 aromatic heterocycles. The van der Waals surface area contributed by atoms with Crippen molar-refractivity contribution in [2.75, 3.05) is 37.3 Å². The third kappa shape index (κ3) is 16.6. The molecule has 0 atom stereocenters. The van der Waals surface area contributed by atoms with Crippen LogP contribution in [0.5, 0.6) is 11.5 Å². The maximum Gasteiger partial charge on any atom is 0.331 e. The number of rotatable bonds is 18. The second-order valence-electron chi connectivity index (χ2n) is 28.1. The number of aromatic nitrogens is 6. The lowest BCUT2D eigenvalue weighted by molar-refractivity contribution is 0.0964. The van der Waals surface area contributed by atoms with E-state index in [-0.39, 0.29) is 30.2 Å². The molecule has 558 valence electrons. The van der Waals surface area contributed by atoms with Crippen LogP contribution < -0.4 is 25.4 Å². The predicted molar refractivity (Wildman–Crippen MR) is 444 cm³/mol. The summed E-state index contributed by atoms with van der Waals surface area (Å²) < 4.78 is 33.5. The fourth-order valence-corrected chi connectivity index (χ4v) is 13.5. The topological polar surface area (TPSA) is 233 Å². The number of hydrogen-bond acceptors (Lipinski definition) is 12. The van der Waals surface area contributed by atoms with Crippen LogP contribution in [0.15, 0.2) is 250 Å². The van der Waals surface area contributed by atoms with Gasteiger partial charge in [-0.2, -0.15) is 0 Å². The molecule has 9 heterocycles. The van der Waals surface area contributed by atoms with Crippen molar-refractivity contribution in [1.82, 2.24) is 28.7 Å². The van der Waals surface area contributed by atoms with Crippen molar-refractivity contribution < 1.29 is 38.1 Å². The van der Waals surface area contributed by atoms with Gasteiger partial charge >= 0.3 is 12.1 Å². The SMILES string of the molecule is COC1=CC(c2cc3ccccc3n2C(=O)Nc2ccc(NC(C)C)cc2)=N/C1=C\c1[nH]c(C)cc1C.COC1=CC(c2cc3ccccc3n2C(=O)Nc2ccc(OC(C)C)cc2)=N/C1=C\c1[nH]c(C)cc1C.COC1=CC(c2cc3ccccc3n2C(=O)c2ccc(OC(C)C)cc2)=N/C1=C\c1[nH]c(C)cc1C. The van der Waals surface area contributed by atoms with Crippen molar-refractivity contribution in [1.29, 1.82) is 0 Å². The largest absolute Gasteiger partial charge is 0.494 e. The van der Waals surface area contributed by atoms with Crippen LogP contribution in [-0.4, -0.2) is 103 Å². The third-order valence-electron chi connectivity index (χ3n) is 18.4. The maximum atomic E-state index is 13.8. The number of aryl methyl sites for hydroxylation is 6. The Morgan fingerprint density at radius 3 is 1.05 bits per heavy atom. The van der Waals surface area contributed by atoms with Crippen LogP contribution >= 0.6 is 0 Å². The molecule has 6 aromatic carbocycles. The highest BCUT2D eigenvalue weighted by molar-refractivity contribution is 6.19. The number of aromatic amines is 3. The summed E-state index contributed by atoms with van der Waals surface area (Å²) >= 11 is 0. The van der Waals surface area contributed by atoms with E-state index in [0.717, 1.165) is 101 Å². The molecule has 3 aliphatic heterocycles. The second-order valence-corrected chi connectivity index (χ2v) is 28.1. The molecule has 0 fully saturated rings. The quantitative estimate of drug-likeness (QED) is 0.0479. The predicted octanol–water partition coefficient (Wildman–Crippen LogP) is 20.1. The molecule has 0 aliphatic carbocycles. The normalized spacial score (nSPS) is 14.3. The van der Waals surface area contributed by atoms with Crippen molar-refractivity contribution in [2.24, 2.45) is 15.0 Å². The Morgan fingerprint density at radius 1 is 0.400 bits per heavy atom. The molecule has 0 saturated carbocycles. The first-order valence-corrected chi connectivity index (χ1v) is 36.6. The number of carbonyl (C=O) groups is 3. The highest BCUT2D eigenvalue weighted by atomic mass is 16.5. The fourth-order valence-electron chi connectivity index (χ4n) is 13.5. The number of nitrogens with zero attached hydrogens (tertiary/aromatic N) is 6. The second kappa shape index (κ2) is 32.4. The van der Waals surface area contributed by atoms with E-state index in [0.29, 0.717) is 91.6 Å². The van der Waals surface area contributed by atoms with Gasteiger partial charge in [-0.05, 0) is 245 Å². The molecule has 15 rings (SSSR count). The highest BCUT2D eigenvalue weighted by Gasteiger charge is 2.28. The first-order chi connectivity index (χ1) is 53.0. The number of benzene rings is 6. The van der Waals surface area contributed by atoms with Gasteiger partial charge in [-0.3, -0.25) is 18.5 Å². The molecule has 0 spiro atoms. The molecule has 6 N–H and O–H groups in total. The van der Waals surface area contributed by atoms with Crippen LogP contribution in [0.4, 0.5) is 26.7 Å². The summed E-state index contributed by atoms with van der Waals surface area (Å²) in [5.41, 5.74) is 21.1. The summed E-state index contributed by atoms with van der Waals surface area (Å²) in [6, 6.07) is 57.8. The number of fused-ring (bicyclic) bond motifs is 3. The Hall–Kier alpha value is -13.4. The lowest BCUT2D eigenvalue weighted by Gasteiger charge is -2.13. The average Bonchev–Trinajstić information content (AvgIpc) is 1.62. The minimum Gasteiger partial charge on any atom is -0.494 e. The number of methoxy groups -OCH3 is 3. The van der Waals surface area contributed by atoms with Crippen LogP contribution in [-0.2, 0) is 14.2 Å². The molecular weight excluding hydrogens is 1380 g/mol. The Morgan fingerprint density at radius 2 is 0.718 bits per heavy atom. The van der Waals surface area contributed by atoms with Gasteiger partial charge in [0, 0.05) is 97.2 Å². The maximum absolute atomic E-state index is 13.8. The minimum absolute atomic E-state index is 0.0645. The summed E-state index contributed by atoms with van der Waals surface area (Å²) in [6.07, 6.45) is 11.7. The van der Waals surface area contributed by atoms with Gasteiger partial charge in [0.25, 0.3) is 5.91 Å². The monoisotopic (exact) mass is 1470 g/mol. The number of H-pyrrole nitrogens is 3. The molecule has 0 unspecified atom stereocenters. The van der Waals surface area contributed by atoms with Crippen LogP contribution in [0, 0.1) is 41.5 Å². The lowest BCUT2D eigenvalue weighted by atomic mass is 10.2. The molecule has 12 aromatic rings. The van der Waals surface area contributed by atoms with Crippen molar-refractivity contribution >= 4 is 103 Å². The van der Waals surface area contributed by atoms with E-state index in [9.17, 15) is 14.4 Å². The zero-order valence-electron chi connectivity index (χ0n) is 64.5. The van der Waals surface area contributed by atoms with Crippen LogP contribution in [0.2, 0.25) is 0 Å². The van der Waals surface area contributed by atoms with Crippen LogP contribution in [0.25, 0.3) is 50.9 Å². The van der Waals surface area contributed by atoms with Gasteiger partial charge in [-0.25, -0.2) is 24.6 Å². The summed E-state index contributed by atoms with van der Waals surface area (Å²) in [5, 5.41) is 12.3. The Bertz CT molecular complexity index is 5570. The molecule has 0 saturated heterocycles. The van der Waals surface area contributed by atoms with E-state index in [2.05, 4.69) is 83.7 Å². The molecule has 110 heavy (non-hydrogen) atoms. The summed E-state index contributed by atoms with van der Waals surface area (Å²) in [5.74, 6) is 3.29. The van der Waals surface area contributed by atoms with Gasteiger partial charge in [0.15, 0.2) is 0 Å². The zero-order valence-corrected chi connectivity index (χ0v) is 64.5. The Balaban J connectivity index is 0.000000145. The molecule has 0 radical (unpaired) electrons. The van der Waals surface area contributed by atoms with Crippen molar-refractivity contribution in [3.63, 3.8) is 0 Å². The summed E-state index contributed by atoms with van der Waals surface area (Å²) in [6.45, 7) is 24.3.